The van der Waals surface area contributed by atoms with E-state index >= 15 is 0 Å². The Labute approximate surface area is 159 Å². The summed E-state index contributed by atoms with van der Waals surface area (Å²) in [5, 5.41) is 0.496. The van der Waals surface area contributed by atoms with Crippen LogP contribution in [0.3, 0.4) is 0 Å². The molecule has 1 atom stereocenters. The SMILES string of the molecule is Cc1ccc(-n2c(C(C)N(C)S(C)(=O)=O)nc3ccccc3c2=O)c(C)c1. The number of hydrogen-bond acceptors (Lipinski definition) is 4. The fourth-order valence-electron chi connectivity index (χ4n) is 3.17. The molecule has 27 heavy (non-hydrogen) atoms. The molecule has 1 aromatic heterocycles. The van der Waals surface area contributed by atoms with Crippen molar-refractivity contribution < 1.29 is 8.42 Å². The predicted molar refractivity (Wildman–Crippen MR) is 108 cm³/mol. The first-order valence-electron chi connectivity index (χ1n) is 8.63. The second-order valence-electron chi connectivity index (χ2n) is 6.87. The Hall–Kier alpha value is -2.51. The average molecular weight is 385 g/mol. The van der Waals surface area contributed by atoms with Gasteiger partial charge in [0.25, 0.3) is 5.56 Å². The molecule has 3 aromatic rings. The molecule has 0 N–H and O–H groups in total. The number of rotatable bonds is 4. The molecule has 0 amide bonds. The maximum atomic E-state index is 13.3. The van der Waals surface area contributed by atoms with Crippen LogP contribution in [0.4, 0.5) is 0 Å². The molecule has 3 rings (SSSR count). The summed E-state index contributed by atoms with van der Waals surface area (Å²) in [7, 11) is -1.96. The Bertz CT molecular complexity index is 1180. The van der Waals surface area contributed by atoms with Crippen molar-refractivity contribution in [3.8, 4) is 5.69 Å². The Morgan fingerprint density at radius 3 is 2.41 bits per heavy atom. The summed E-state index contributed by atoms with van der Waals surface area (Å²) in [5.41, 5.74) is 3.04. The van der Waals surface area contributed by atoms with Crippen LogP contribution in [0.2, 0.25) is 0 Å². The van der Waals surface area contributed by atoms with Gasteiger partial charge in [0.05, 0.1) is 28.9 Å². The number of fused-ring (bicyclic) bond motifs is 1. The highest BCUT2D eigenvalue weighted by molar-refractivity contribution is 7.88. The number of aryl methyl sites for hydroxylation is 2. The Morgan fingerprint density at radius 1 is 1.11 bits per heavy atom. The average Bonchev–Trinajstić information content (AvgIpc) is 2.60. The zero-order chi connectivity index (χ0) is 19.9. The third-order valence-corrected chi connectivity index (χ3v) is 6.20. The maximum Gasteiger partial charge on any atom is 0.266 e. The van der Waals surface area contributed by atoms with Gasteiger partial charge in [-0.25, -0.2) is 13.4 Å². The molecule has 0 bridgehead atoms. The fourth-order valence-corrected chi connectivity index (χ4v) is 3.84. The van der Waals surface area contributed by atoms with Gasteiger partial charge in [0.15, 0.2) is 0 Å². The van der Waals surface area contributed by atoms with E-state index in [4.69, 9.17) is 0 Å². The second kappa shape index (κ2) is 6.90. The molecule has 142 valence electrons. The number of aromatic nitrogens is 2. The lowest BCUT2D eigenvalue weighted by molar-refractivity contribution is 0.382. The van der Waals surface area contributed by atoms with Gasteiger partial charge in [0.1, 0.15) is 5.82 Å². The lowest BCUT2D eigenvalue weighted by Gasteiger charge is -2.25. The van der Waals surface area contributed by atoms with Gasteiger partial charge in [-0.2, -0.15) is 4.31 Å². The van der Waals surface area contributed by atoms with E-state index in [9.17, 15) is 13.2 Å². The summed E-state index contributed by atoms with van der Waals surface area (Å²) in [6.45, 7) is 5.65. The van der Waals surface area contributed by atoms with Crippen molar-refractivity contribution in [2.75, 3.05) is 13.3 Å². The van der Waals surface area contributed by atoms with Gasteiger partial charge in [0.2, 0.25) is 10.0 Å². The zero-order valence-corrected chi connectivity index (χ0v) is 16.9. The van der Waals surface area contributed by atoms with Crippen molar-refractivity contribution in [2.45, 2.75) is 26.8 Å². The van der Waals surface area contributed by atoms with E-state index in [0.29, 0.717) is 22.4 Å². The molecular weight excluding hydrogens is 362 g/mol. The van der Waals surface area contributed by atoms with E-state index in [0.717, 1.165) is 17.4 Å². The molecular formula is C20H23N3O3S. The molecule has 0 aliphatic rings. The topological polar surface area (TPSA) is 72.3 Å². The molecule has 0 spiro atoms. The third-order valence-electron chi connectivity index (χ3n) is 4.84. The van der Waals surface area contributed by atoms with Crippen LogP contribution < -0.4 is 5.56 Å². The first-order chi connectivity index (χ1) is 12.6. The van der Waals surface area contributed by atoms with Gasteiger partial charge in [-0.15, -0.1) is 0 Å². The minimum atomic E-state index is -3.45. The van der Waals surface area contributed by atoms with Gasteiger partial charge < -0.3 is 0 Å². The van der Waals surface area contributed by atoms with Gasteiger partial charge in [-0.3, -0.25) is 9.36 Å². The number of benzene rings is 2. The van der Waals surface area contributed by atoms with Crippen molar-refractivity contribution in [1.29, 1.82) is 0 Å². The molecule has 0 saturated carbocycles. The summed E-state index contributed by atoms with van der Waals surface area (Å²) >= 11 is 0. The lowest BCUT2D eigenvalue weighted by atomic mass is 10.1. The summed E-state index contributed by atoms with van der Waals surface area (Å²) in [6.07, 6.45) is 1.14. The van der Waals surface area contributed by atoms with E-state index < -0.39 is 16.1 Å². The molecule has 0 radical (unpaired) electrons. The molecule has 6 nitrogen and oxygen atoms in total. The highest BCUT2D eigenvalue weighted by Crippen LogP contribution is 2.25. The lowest BCUT2D eigenvalue weighted by Crippen LogP contribution is -2.34. The minimum absolute atomic E-state index is 0.212. The largest absolute Gasteiger partial charge is 0.268 e. The Morgan fingerprint density at radius 2 is 1.78 bits per heavy atom. The molecule has 0 fully saturated rings. The number of para-hydroxylation sites is 1. The third kappa shape index (κ3) is 3.52. The van der Waals surface area contributed by atoms with Crippen LogP contribution in [0.5, 0.6) is 0 Å². The summed E-state index contributed by atoms with van der Waals surface area (Å²) in [5.74, 6) is 0.388. The van der Waals surface area contributed by atoms with E-state index in [1.807, 2.05) is 38.1 Å². The van der Waals surface area contributed by atoms with Crippen LogP contribution in [0.1, 0.15) is 29.9 Å². The van der Waals surface area contributed by atoms with Crippen LogP contribution in [-0.2, 0) is 10.0 Å². The van der Waals surface area contributed by atoms with Crippen molar-refractivity contribution in [3.63, 3.8) is 0 Å². The molecule has 1 heterocycles. The first-order valence-corrected chi connectivity index (χ1v) is 10.5. The van der Waals surface area contributed by atoms with Crippen LogP contribution in [0.25, 0.3) is 16.6 Å². The monoisotopic (exact) mass is 385 g/mol. The van der Waals surface area contributed by atoms with E-state index in [-0.39, 0.29) is 5.56 Å². The number of nitrogens with zero attached hydrogens (tertiary/aromatic N) is 3. The Balaban J connectivity index is 2.39. The molecule has 7 heteroatoms. The van der Waals surface area contributed by atoms with E-state index in [2.05, 4.69) is 4.98 Å². The normalized spacial score (nSPS) is 13.3. The van der Waals surface area contributed by atoms with Gasteiger partial charge in [-0.1, -0.05) is 29.8 Å². The van der Waals surface area contributed by atoms with Crippen LogP contribution in [-0.4, -0.2) is 35.6 Å². The highest BCUT2D eigenvalue weighted by Gasteiger charge is 2.26. The standard InChI is InChI=1S/C20H23N3O3S/c1-13-10-11-18(14(2)12-13)23-19(15(3)22(4)27(5,25)26)21-17-9-7-6-8-16(17)20(23)24/h6-12,15H,1-5H3. The van der Waals surface area contributed by atoms with Crippen molar-refractivity contribution in [3.05, 3.63) is 69.8 Å². The van der Waals surface area contributed by atoms with Crippen molar-refractivity contribution in [2.24, 2.45) is 0 Å². The van der Waals surface area contributed by atoms with E-state index in [1.165, 1.54) is 15.9 Å². The predicted octanol–water partition coefficient (Wildman–Crippen LogP) is 2.95. The Kier molecular flexibility index (Phi) is 4.92. The quantitative estimate of drug-likeness (QED) is 0.692. The number of sulfonamides is 1. The van der Waals surface area contributed by atoms with Gasteiger partial charge in [-0.05, 0) is 44.5 Å². The van der Waals surface area contributed by atoms with E-state index in [1.54, 1.807) is 25.1 Å². The first kappa shape index (κ1) is 19.3. The molecule has 0 aliphatic heterocycles. The van der Waals surface area contributed by atoms with Crippen molar-refractivity contribution in [1.82, 2.24) is 13.9 Å². The van der Waals surface area contributed by atoms with Crippen LogP contribution >= 0.6 is 0 Å². The smallest absolute Gasteiger partial charge is 0.266 e. The molecule has 0 saturated heterocycles. The van der Waals surface area contributed by atoms with Gasteiger partial charge in [0, 0.05) is 7.05 Å². The summed E-state index contributed by atoms with van der Waals surface area (Å²) < 4.78 is 26.9. The second-order valence-corrected chi connectivity index (χ2v) is 8.91. The summed E-state index contributed by atoms with van der Waals surface area (Å²) in [6, 6.07) is 12.3. The van der Waals surface area contributed by atoms with Gasteiger partial charge >= 0.3 is 0 Å². The van der Waals surface area contributed by atoms with Crippen LogP contribution in [0, 0.1) is 13.8 Å². The highest BCUT2D eigenvalue weighted by atomic mass is 32.2. The molecule has 0 aliphatic carbocycles. The molecule has 2 aromatic carbocycles. The van der Waals surface area contributed by atoms with Crippen molar-refractivity contribution >= 4 is 20.9 Å². The maximum absolute atomic E-state index is 13.3. The molecule has 1 unspecified atom stereocenters. The van der Waals surface area contributed by atoms with Crippen LogP contribution in [0.15, 0.2) is 47.3 Å². The zero-order valence-electron chi connectivity index (χ0n) is 16.1. The number of hydrogen-bond donors (Lipinski definition) is 0. The fraction of sp³-hybridized carbons (Fsp3) is 0.300. The minimum Gasteiger partial charge on any atom is -0.268 e. The summed E-state index contributed by atoms with van der Waals surface area (Å²) in [4.78, 5) is 18.0.